The quantitative estimate of drug-likeness (QED) is 0.0849. The standard InChI is InChI=1S/C18H18F6O11S2/c1-3-14(25)33-8-6-32-7-9-34-15(26)12-4-5-13(11(2)10-12)35-37(30,31)18(23,24)16(19,20)17(21,22)36(27,28)29/h3-5,10H,1,6-9H2,2H3,(H,27,28,29). The molecular formula is C18H18F6O11S2. The molecular weight excluding hydrogens is 570 g/mol. The van der Waals surface area contributed by atoms with Crippen LogP contribution in [0.3, 0.4) is 0 Å². The summed E-state index contributed by atoms with van der Waals surface area (Å²) in [5.74, 6) is -10.00. The van der Waals surface area contributed by atoms with Crippen LogP contribution in [0.15, 0.2) is 30.9 Å². The first kappa shape index (κ1) is 32.1. The third-order valence-electron chi connectivity index (χ3n) is 4.08. The Labute approximate surface area is 205 Å². The van der Waals surface area contributed by atoms with Gasteiger partial charge < -0.3 is 18.4 Å². The van der Waals surface area contributed by atoms with E-state index in [-0.39, 0.29) is 32.0 Å². The Hall–Kier alpha value is -2.90. The summed E-state index contributed by atoms with van der Waals surface area (Å²) in [6.07, 6.45) is 0.929. The molecule has 0 saturated heterocycles. The predicted octanol–water partition coefficient (Wildman–Crippen LogP) is 2.31. The first-order valence-electron chi connectivity index (χ1n) is 9.42. The Balaban J connectivity index is 2.89. The maximum absolute atomic E-state index is 13.9. The zero-order valence-electron chi connectivity index (χ0n) is 18.5. The van der Waals surface area contributed by atoms with Crippen LogP contribution in [0.25, 0.3) is 0 Å². The second-order valence-corrected chi connectivity index (χ2v) is 9.77. The van der Waals surface area contributed by atoms with Gasteiger partial charge in [-0.2, -0.15) is 43.2 Å². The van der Waals surface area contributed by atoms with Crippen molar-refractivity contribution in [1.29, 1.82) is 0 Å². The number of alkyl halides is 6. The van der Waals surface area contributed by atoms with Gasteiger partial charge in [-0.15, -0.1) is 0 Å². The van der Waals surface area contributed by atoms with Crippen LogP contribution in [0.4, 0.5) is 26.3 Å². The number of aryl methyl sites for hydroxylation is 1. The van der Waals surface area contributed by atoms with Gasteiger partial charge in [-0.1, -0.05) is 6.58 Å². The molecule has 0 aliphatic carbocycles. The lowest BCUT2D eigenvalue weighted by Crippen LogP contribution is -2.61. The van der Waals surface area contributed by atoms with Gasteiger partial charge in [-0.25, -0.2) is 9.59 Å². The number of rotatable bonds is 14. The highest BCUT2D eigenvalue weighted by molar-refractivity contribution is 7.88. The third-order valence-corrected chi connectivity index (χ3v) is 6.27. The van der Waals surface area contributed by atoms with Crippen LogP contribution in [-0.4, -0.2) is 76.2 Å². The molecule has 0 fully saturated rings. The smallest absolute Gasteiger partial charge is 0.450 e. The van der Waals surface area contributed by atoms with Gasteiger partial charge in [-0.3, -0.25) is 4.55 Å². The number of hydrogen-bond donors (Lipinski definition) is 1. The van der Waals surface area contributed by atoms with E-state index in [4.69, 9.17) is 14.0 Å². The molecule has 0 bridgehead atoms. The van der Waals surface area contributed by atoms with E-state index in [0.717, 1.165) is 25.1 Å². The lowest BCUT2D eigenvalue weighted by atomic mass is 10.1. The van der Waals surface area contributed by atoms with Crippen molar-refractivity contribution in [3.8, 4) is 5.75 Å². The Kier molecular flexibility index (Phi) is 10.1. The van der Waals surface area contributed by atoms with Gasteiger partial charge in [0.25, 0.3) is 0 Å². The van der Waals surface area contributed by atoms with Gasteiger partial charge in [0.05, 0.1) is 18.8 Å². The maximum Gasteiger partial charge on any atom is 0.450 e. The number of carbonyl (C=O) groups excluding carboxylic acids is 2. The van der Waals surface area contributed by atoms with Crippen molar-refractivity contribution < 1.29 is 75.7 Å². The highest BCUT2D eigenvalue weighted by Crippen LogP contribution is 2.51. The molecule has 0 aromatic heterocycles. The third kappa shape index (κ3) is 7.11. The largest absolute Gasteiger partial charge is 0.460 e. The minimum Gasteiger partial charge on any atom is -0.460 e. The van der Waals surface area contributed by atoms with Gasteiger partial charge in [-0.05, 0) is 30.7 Å². The molecule has 0 atom stereocenters. The SMILES string of the molecule is C=CC(=O)OCCOCCOC(=O)c1ccc(OS(=O)(=O)C(F)(F)C(F)(F)C(F)(F)S(=O)(=O)O)c(C)c1. The lowest BCUT2D eigenvalue weighted by Gasteiger charge is -2.29. The summed E-state index contributed by atoms with van der Waals surface area (Å²) >= 11 is 0. The van der Waals surface area contributed by atoms with Gasteiger partial charge in [0.1, 0.15) is 19.0 Å². The van der Waals surface area contributed by atoms with E-state index >= 15 is 0 Å². The highest BCUT2D eigenvalue weighted by Gasteiger charge is 2.83. The summed E-state index contributed by atoms with van der Waals surface area (Å²) in [5.41, 5.74) is -0.754. The van der Waals surface area contributed by atoms with Gasteiger partial charge in [0.2, 0.25) is 0 Å². The average Bonchev–Trinajstić information content (AvgIpc) is 2.78. The fourth-order valence-corrected chi connectivity index (χ4v) is 3.65. The average molecular weight is 588 g/mol. The molecule has 0 aliphatic rings. The molecule has 1 aromatic rings. The van der Waals surface area contributed by atoms with Gasteiger partial charge in [0.15, 0.2) is 0 Å². The predicted molar refractivity (Wildman–Crippen MR) is 109 cm³/mol. The van der Waals surface area contributed by atoms with Crippen molar-refractivity contribution in [2.45, 2.75) is 23.4 Å². The van der Waals surface area contributed by atoms with E-state index in [1.54, 1.807) is 0 Å². The lowest BCUT2D eigenvalue weighted by molar-refractivity contribution is -0.247. The molecule has 0 unspecified atom stereocenters. The number of halogens is 6. The summed E-state index contributed by atoms with van der Waals surface area (Å²) in [4.78, 5) is 22.8. The molecule has 37 heavy (non-hydrogen) atoms. The summed E-state index contributed by atoms with van der Waals surface area (Å²) in [6.45, 7) is 3.51. The van der Waals surface area contributed by atoms with Crippen molar-refractivity contribution >= 4 is 32.2 Å². The number of benzene rings is 1. The van der Waals surface area contributed by atoms with E-state index in [0.29, 0.717) is 6.07 Å². The van der Waals surface area contributed by atoms with Crippen LogP contribution in [0.2, 0.25) is 0 Å². The molecule has 0 heterocycles. The van der Waals surface area contributed by atoms with Crippen LogP contribution < -0.4 is 4.18 Å². The zero-order chi connectivity index (χ0) is 28.9. The normalized spacial score (nSPS) is 13.1. The maximum atomic E-state index is 13.9. The Morgan fingerprint density at radius 1 is 0.946 bits per heavy atom. The van der Waals surface area contributed by atoms with Crippen LogP contribution >= 0.6 is 0 Å². The summed E-state index contributed by atoms with van der Waals surface area (Å²) < 4.78 is 152. The molecule has 1 N–H and O–H groups in total. The molecule has 0 radical (unpaired) electrons. The van der Waals surface area contributed by atoms with Crippen molar-refractivity contribution in [2.24, 2.45) is 0 Å². The zero-order valence-corrected chi connectivity index (χ0v) is 20.1. The molecule has 0 aliphatic heterocycles. The molecule has 1 rings (SSSR count). The number of ether oxygens (including phenoxy) is 3. The van der Waals surface area contributed by atoms with Crippen molar-refractivity contribution in [3.63, 3.8) is 0 Å². The first-order chi connectivity index (χ1) is 16.7. The Morgan fingerprint density at radius 3 is 1.97 bits per heavy atom. The summed E-state index contributed by atoms with van der Waals surface area (Å²) in [6, 6.07) is 2.09. The second-order valence-electron chi connectivity index (χ2n) is 6.72. The van der Waals surface area contributed by atoms with Crippen molar-refractivity contribution in [3.05, 3.63) is 42.0 Å². The van der Waals surface area contributed by atoms with Crippen LogP contribution in [-0.2, 0) is 39.2 Å². The molecule has 0 amide bonds. The molecule has 0 spiro atoms. The summed E-state index contributed by atoms with van der Waals surface area (Å²) in [5, 5.41) is -13.8. The Morgan fingerprint density at radius 2 is 1.49 bits per heavy atom. The van der Waals surface area contributed by atoms with E-state index < -0.39 is 59.9 Å². The number of hydrogen-bond acceptors (Lipinski definition) is 10. The number of esters is 2. The second kappa shape index (κ2) is 11.7. The monoisotopic (exact) mass is 588 g/mol. The number of carbonyl (C=O) groups is 2. The summed E-state index contributed by atoms with van der Waals surface area (Å²) in [7, 11) is -14.2. The van der Waals surface area contributed by atoms with E-state index in [2.05, 4.69) is 15.5 Å². The van der Waals surface area contributed by atoms with Gasteiger partial charge >= 0.3 is 48.6 Å². The molecule has 0 saturated carbocycles. The van der Waals surface area contributed by atoms with Crippen LogP contribution in [0.5, 0.6) is 5.75 Å². The Bertz CT molecular complexity index is 1230. The molecule has 11 nitrogen and oxygen atoms in total. The topological polar surface area (TPSA) is 160 Å². The molecule has 210 valence electrons. The van der Waals surface area contributed by atoms with E-state index in [1.165, 1.54) is 0 Å². The minimum absolute atomic E-state index is 0.0450. The van der Waals surface area contributed by atoms with E-state index in [1.807, 2.05) is 0 Å². The van der Waals surface area contributed by atoms with Gasteiger partial charge in [0, 0.05) is 6.08 Å². The van der Waals surface area contributed by atoms with Crippen molar-refractivity contribution in [1.82, 2.24) is 0 Å². The fourth-order valence-electron chi connectivity index (χ4n) is 2.17. The fraction of sp³-hybridized carbons (Fsp3) is 0.444. The molecule has 19 heteroatoms. The van der Waals surface area contributed by atoms with Crippen molar-refractivity contribution in [2.75, 3.05) is 26.4 Å². The first-order valence-corrected chi connectivity index (χ1v) is 12.3. The van der Waals surface area contributed by atoms with Crippen LogP contribution in [0, 0.1) is 6.92 Å². The van der Waals surface area contributed by atoms with Crippen LogP contribution in [0.1, 0.15) is 15.9 Å². The highest BCUT2D eigenvalue weighted by atomic mass is 32.2. The van der Waals surface area contributed by atoms with E-state index in [9.17, 15) is 52.8 Å². The minimum atomic E-state index is -7.19. The molecule has 1 aromatic carbocycles.